The number of nitrogens with zero attached hydrogens (tertiary/aromatic N) is 3. The van der Waals surface area contributed by atoms with Crippen LogP contribution in [0.15, 0.2) is 4.52 Å². The van der Waals surface area contributed by atoms with Crippen molar-refractivity contribution in [3.8, 4) is 6.07 Å². The molecule has 0 aliphatic carbocycles. The lowest BCUT2D eigenvalue weighted by molar-refractivity contribution is 0.371. The van der Waals surface area contributed by atoms with Gasteiger partial charge in [0, 0.05) is 19.3 Å². The molecular formula is C8H11N3O. The van der Waals surface area contributed by atoms with Crippen LogP contribution in [-0.4, -0.2) is 10.1 Å². The van der Waals surface area contributed by atoms with Crippen LogP contribution in [0.2, 0.25) is 0 Å². The van der Waals surface area contributed by atoms with Gasteiger partial charge < -0.3 is 4.52 Å². The minimum Gasteiger partial charge on any atom is -0.339 e. The van der Waals surface area contributed by atoms with Crippen LogP contribution >= 0.6 is 0 Å². The van der Waals surface area contributed by atoms with Crippen molar-refractivity contribution in [3.63, 3.8) is 0 Å². The monoisotopic (exact) mass is 165 g/mol. The van der Waals surface area contributed by atoms with Crippen LogP contribution in [0.3, 0.4) is 0 Å². The Kier molecular flexibility index (Phi) is 3.27. The number of aromatic nitrogens is 2. The molecule has 0 N–H and O–H groups in total. The van der Waals surface area contributed by atoms with E-state index in [4.69, 9.17) is 9.78 Å². The summed E-state index contributed by atoms with van der Waals surface area (Å²) in [5, 5.41) is 12.0. The lowest BCUT2D eigenvalue weighted by Crippen LogP contribution is -1.86. The highest BCUT2D eigenvalue weighted by atomic mass is 16.5. The van der Waals surface area contributed by atoms with Gasteiger partial charge >= 0.3 is 0 Å². The zero-order chi connectivity index (χ0) is 8.81. The lowest BCUT2D eigenvalue weighted by Gasteiger charge is -1.86. The zero-order valence-corrected chi connectivity index (χ0v) is 7.08. The maximum absolute atomic E-state index is 8.28. The zero-order valence-electron chi connectivity index (χ0n) is 7.08. The molecule has 0 saturated carbocycles. The molecule has 0 atom stereocenters. The molecule has 0 spiro atoms. The Morgan fingerprint density at radius 2 is 2.42 bits per heavy atom. The molecule has 0 aliphatic heterocycles. The predicted molar refractivity (Wildman–Crippen MR) is 42.2 cm³/mol. The highest BCUT2D eigenvalue weighted by Crippen LogP contribution is 2.02. The second-order valence-electron chi connectivity index (χ2n) is 2.47. The van der Waals surface area contributed by atoms with Crippen LogP contribution in [0.25, 0.3) is 0 Å². The summed E-state index contributed by atoms with van der Waals surface area (Å²) in [5.41, 5.74) is 0. The van der Waals surface area contributed by atoms with E-state index in [1.54, 1.807) is 0 Å². The number of nitriles is 1. The van der Waals surface area contributed by atoms with E-state index in [2.05, 4.69) is 16.2 Å². The number of hydrogen-bond acceptors (Lipinski definition) is 4. The smallest absolute Gasteiger partial charge is 0.226 e. The summed E-state index contributed by atoms with van der Waals surface area (Å²) in [6, 6.07) is 2.07. The largest absolute Gasteiger partial charge is 0.339 e. The number of aryl methyl sites for hydroxylation is 2. The fourth-order valence-electron chi connectivity index (χ4n) is 0.854. The Bertz CT molecular complexity index is 274. The molecule has 1 rings (SSSR count). The van der Waals surface area contributed by atoms with Crippen molar-refractivity contribution < 1.29 is 4.52 Å². The minimum atomic E-state index is 0.545. The molecule has 0 bridgehead atoms. The van der Waals surface area contributed by atoms with Gasteiger partial charge in [-0.15, -0.1) is 0 Å². The van der Waals surface area contributed by atoms with Crippen molar-refractivity contribution in [1.29, 1.82) is 5.26 Å². The molecule has 4 heteroatoms. The Morgan fingerprint density at radius 1 is 1.58 bits per heavy atom. The third-order valence-electron chi connectivity index (χ3n) is 1.51. The molecule has 0 amide bonds. The summed E-state index contributed by atoms with van der Waals surface area (Å²) >= 11 is 0. The first kappa shape index (κ1) is 8.72. The SMILES string of the molecule is CCc1noc(CCCC#N)n1. The highest BCUT2D eigenvalue weighted by molar-refractivity contribution is 4.86. The maximum Gasteiger partial charge on any atom is 0.226 e. The van der Waals surface area contributed by atoms with Gasteiger partial charge in [0.2, 0.25) is 5.89 Å². The van der Waals surface area contributed by atoms with Crippen LogP contribution < -0.4 is 0 Å². The predicted octanol–water partition coefficient (Wildman–Crippen LogP) is 1.48. The van der Waals surface area contributed by atoms with E-state index in [0.29, 0.717) is 18.7 Å². The Hall–Kier alpha value is -1.37. The standard InChI is InChI=1S/C8H11N3O/c1-2-7-10-8(12-11-7)5-3-4-6-9/h2-5H2,1H3. The molecular weight excluding hydrogens is 154 g/mol. The lowest BCUT2D eigenvalue weighted by atomic mass is 10.2. The van der Waals surface area contributed by atoms with Gasteiger partial charge in [-0.25, -0.2) is 0 Å². The first-order valence-electron chi connectivity index (χ1n) is 4.05. The molecule has 12 heavy (non-hydrogen) atoms. The molecule has 0 fully saturated rings. The van der Waals surface area contributed by atoms with E-state index in [0.717, 1.165) is 18.7 Å². The first-order chi connectivity index (χ1) is 5.86. The third-order valence-corrected chi connectivity index (χ3v) is 1.51. The van der Waals surface area contributed by atoms with Gasteiger partial charge in [-0.1, -0.05) is 12.1 Å². The van der Waals surface area contributed by atoms with Gasteiger partial charge in [-0.2, -0.15) is 10.2 Å². The first-order valence-corrected chi connectivity index (χ1v) is 4.05. The molecule has 0 aliphatic rings. The fraction of sp³-hybridized carbons (Fsp3) is 0.625. The summed E-state index contributed by atoms with van der Waals surface area (Å²) in [6.45, 7) is 1.98. The number of hydrogen-bond donors (Lipinski definition) is 0. The summed E-state index contributed by atoms with van der Waals surface area (Å²) in [4.78, 5) is 4.11. The van der Waals surface area contributed by atoms with Crippen molar-refractivity contribution >= 4 is 0 Å². The molecule has 4 nitrogen and oxygen atoms in total. The average Bonchev–Trinajstić information content (AvgIpc) is 2.53. The number of rotatable bonds is 4. The summed E-state index contributed by atoms with van der Waals surface area (Å²) in [6.07, 6.45) is 2.84. The normalized spacial score (nSPS) is 9.67. The van der Waals surface area contributed by atoms with Gasteiger partial charge in [-0.05, 0) is 6.42 Å². The fourth-order valence-corrected chi connectivity index (χ4v) is 0.854. The molecule has 0 saturated heterocycles. The quantitative estimate of drug-likeness (QED) is 0.634. The molecule has 1 aromatic rings. The second-order valence-corrected chi connectivity index (χ2v) is 2.47. The van der Waals surface area contributed by atoms with E-state index >= 15 is 0 Å². The highest BCUT2D eigenvalue weighted by Gasteiger charge is 2.02. The Morgan fingerprint density at radius 3 is 3.00 bits per heavy atom. The number of unbranched alkanes of at least 4 members (excludes halogenated alkanes) is 1. The van der Waals surface area contributed by atoms with Crippen molar-refractivity contribution in [3.05, 3.63) is 11.7 Å². The third kappa shape index (κ3) is 2.35. The molecule has 1 heterocycles. The molecule has 64 valence electrons. The molecule has 0 unspecified atom stereocenters. The average molecular weight is 165 g/mol. The van der Waals surface area contributed by atoms with Gasteiger partial charge in [0.1, 0.15) is 0 Å². The van der Waals surface area contributed by atoms with Gasteiger partial charge in [0.15, 0.2) is 5.82 Å². The second kappa shape index (κ2) is 4.50. The van der Waals surface area contributed by atoms with Gasteiger partial charge in [-0.3, -0.25) is 0 Å². The van der Waals surface area contributed by atoms with Crippen LogP contribution in [0.1, 0.15) is 31.5 Å². The van der Waals surface area contributed by atoms with Crippen LogP contribution in [0.5, 0.6) is 0 Å². The minimum absolute atomic E-state index is 0.545. The Balaban J connectivity index is 2.37. The van der Waals surface area contributed by atoms with Crippen LogP contribution in [-0.2, 0) is 12.8 Å². The van der Waals surface area contributed by atoms with E-state index < -0.39 is 0 Å². The van der Waals surface area contributed by atoms with E-state index in [9.17, 15) is 0 Å². The van der Waals surface area contributed by atoms with E-state index in [-0.39, 0.29) is 0 Å². The van der Waals surface area contributed by atoms with Crippen LogP contribution in [0, 0.1) is 11.3 Å². The summed E-state index contributed by atoms with van der Waals surface area (Å²) in [7, 11) is 0. The summed E-state index contributed by atoms with van der Waals surface area (Å²) in [5.74, 6) is 1.38. The van der Waals surface area contributed by atoms with Gasteiger partial charge in [0.05, 0.1) is 6.07 Å². The van der Waals surface area contributed by atoms with Crippen molar-refractivity contribution in [2.45, 2.75) is 32.6 Å². The topological polar surface area (TPSA) is 62.7 Å². The van der Waals surface area contributed by atoms with Crippen molar-refractivity contribution in [2.75, 3.05) is 0 Å². The summed E-state index contributed by atoms with van der Waals surface area (Å²) < 4.78 is 4.93. The van der Waals surface area contributed by atoms with Gasteiger partial charge in [0.25, 0.3) is 0 Å². The van der Waals surface area contributed by atoms with Crippen molar-refractivity contribution in [2.24, 2.45) is 0 Å². The maximum atomic E-state index is 8.28. The Labute approximate surface area is 71.2 Å². The van der Waals surface area contributed by atoms with Crippen LogP contribution in [0.4, 0.5) is 0 Å². The van der Waals surface area contributed by atoms with E-state index in [1.165, 1.54) is 0 Å². The van der Waals surface area contributed by atoms with Crippen molar-refractivity contribution in [1.82, 2.24) is 10.1 Å². The molecule has 0 aromatic carbocycles. The molecule has 0 radical (unpaired) electrons. The van der Waals surface area contributed by atoms with E-state index in [1.807, 2.05) is 6.92 Å². The molecule has 1 aromatic heterocycles.